The molecule has 0 bridgehead atoms. The summed E-state index contributed by atoms with van der Waals surface area (Å²) >= 11 is 0. The van der Waals surface area contributed by atoms with Crippen molar-refractivity contribution in [1.29, 1.82) is 0 Å². The van der Waals surface area contributed by atoms with E-state index in [-0.39, 0.29) is 12.0 Å². The fraction of sp³-hybridized carbons (Fsp3) is 0.478. The highest BCUT2D eigenvalue weighted by Gasteiger charge is 2.31. The van der Waals surface area contributed by atoms with Crippen molar-refractivity contribution in [3.63, 3.8) is 0 Å². The molecule has 1 saturated heterocycles. The number of amides is 1. The van der Waals surface area contributed by atoms with E-state index < -0.39 is 0 Å². The highest BCUT2D eigenvalue weighted by atomic mass is 16.5. The van der Waals surface area contributed by atoms with Crippen molar-refractivity contribution >= 4 is 12.0 Å². The van der Waals surface area contributed by atoms with Crippen LogP contribution < -0.4 is 0 Å². The Kier molecular flexibility index (Phi) is 6.35. The van der Waals surface area contributed by atoms with Crippen LogP contribution in [0, 0.1) is 26.7 Å². The van der Waals surface area contributed by atoms with E-state index in [1.54, 1.807) is 13.2 Å². The van der Waals surface area contributed by atoms with Crippen LogP contribution in [0.25, 0.3) is 6.08 Å². The lowest BCUT2D eigenvalue weighted by Crippen LogP contribution is -2.47. The van der Waals surface area contributed by atoms with Crippen LogP contribution in [0.15, 0.2) is 30.3 Å². The zero-order valence-corrected chi connectivity index (χ0v) is 17.6. The van der Waals surface area contributed by atoms with Crippen LogP contribution in [0.1, 0.15) is 34.5 Å². The number of nitrogens with zero attached hydrogens (tertiary/aromatic N) is 3. The van der Waals surface area contributed by atoms with E-state index in [1.165, 1.54) is 11.1 Å². The summed E-state index contributed by atoms with van der Waals surface area (Å²) in [7, 11) is 3.67. The van der Waals surface area contributed by atoms with Gasteiger partial charge in [-0.05, 0) is 51.2 Å². The minimum absolute atomic E-state index is 0.0405. The Morgan fingerprint density at radius 1 is 1.32 bits per heavy atom. The summed E-state index contributed by atoms with van der Waals surface area (Å²) in [6.45, 7) is 7.51. The second-order valence-electron chi connectivity index (χ2n) is 7.84. The standard InChI is InChI=1S/C23H31N3O2/c1-16-7-6-8-19(13-16)14-20-11-12-26(15-22(20)28-5)23(27)10-9-21-17(2)24-25(4)18(21)3/h6-10,13,20,22H,11-12,14-15H2,1-5H3/b10-9+/t20-,22-/m1/s1. The molecule has 5 nitrogen and oxygen atoms in total. The Hall–Kier alpha value is -2.40. The van der Waals surface area contributed by atoms with Gasteiger partial charge in [-0.15, -0.1) is 0 Å². The van der Waals surface area contributed by atoms with Crippen LogP contribution >= 0.6 is 0 Å². The van der Waals surface area contributed by atoms with Crippen molar-refractivity contribution in [2.45, 2.75) is 39.7 Å². The van der Waals surface area contributed by atoms with E-state index in [2.05, 4.69) is 36.3 Å². The first-order valence-electron chi connectivity index (χ1n) is 9.94. The largest absolute Gasteiger partial charge is 0.379 e. The van der Waals surface area contributed by atoms with Crippen LogP contribution in [0.3, 0.4) is 0 Å². The van der Waals surface area contributed by atoms with Gasteiger partial charge in [0.05, 0.1) is 11.8 Å². The zero-order valence-electron chi connectivity index (χ0n) is 17.6. The van der Waals surface area contributed by atoms with Crippen LogP contribution in [0.4, 0.5) is 0 Å². The van der Waals surface area contributed by atoms with Crippen LogP contribution in [0.2, 0.25) is 0 Å². The molecule has 28 heavy (non-hydrogen) atoms. The maximum atomic E-state index is 12.7. The lowest BCUT2D eigenvalue weighted by Gasteiger charge is -2.37. The predicted octanol–water partition coefficient (Wildman–Crippen LogP) is 3.46. The molecule has 1 fully saturated rings. The molecule has 1 aliphatic heterocycles. The molecule has 3 rings (SSSR count). The molecule has 1 aromatic carbocycles. The number of carbonyl (C=O) groups is 1. The lowest BCUT2D eigenvalue weighted by atomic mass is 9.87. The molecular weight excluding hydrogens is 350 g/mol. The summed E-state index contributed by atoms with van der Waals surface area (Å²) in [6, 6.07) is 8.65. The molecular formula is C23H31N3O2. The molecule has 0 aliphatic carbocycles. The van der Waals surface area contributed by atoms with E-state index in [0.717, 1.165) is 36.3 Å². The van der Waals surface area contributed by atoms with Crippen molar-refractivity contribution in [3.05, 3.63) is 58.4 Å². The minimum Gasteiger partial charge on any atom is -0.379 e. The van der Waals surface area contributed by atoms with Crippen molar-refractivity contribution < 1.29 is 9.53 Å². The maximum Gasteiger partial charge on any atom is 0.246 e. The average molecular weight is 382 g/mol. The molecule has 1 aromatic heterocycles. The van der Waals surface area contributed by atoms with E-state index in [4.69, 9.17) is 4.74 Å². The van der Waals surface area contributed by atoms with Gasteiger partial charge in [0.2, 0.25) is 5.91 Å². The number of aryl methyl sites for hydroxylation is 3. The first kappa shape index (κ1) is 20.3. The number of aromatic nitrogens is 2. The van der Waals surface area contributed by atoms with E-state index in [9.17, 15) is 4.79 Å². The Morgan fingerprint density at radius 3 is 2.75 bits per heavy atom. The third kappa shape index (κ3) is 4.53. The SMILES string of the molecule is CO[C@@H]1CN(C(=O)/C=C/c2c(C)nn(C)c2C)CC[C@@H]1Cc1cccc(C)c1. The molecule has 0 saturated carbocycles. The number of ether oxygens (including phenoxy) is 1. The number of methoxy groups -OCH3 is 1. The van der Waals surface area contributed by atoms with Crippen molar-refractivity contribution in [2.75, 3.05) is 20.2 Å². The summed E-state index contributed by atoms with van der Waals surface area (Å²) in [5, 5.41) is 4.40. The molecule has 0 spiro atoms. The highest BCUT2D eigenvalue weighted by Crippen LogP contribution is 2.25. The first-order valence-corrected chi connectivity index (χ1v) is 9.94. The van der Waals surface area contributed by atoms with Crippen molar-refractivity contribution in [1.82, 2.24) is 14.7 Å². The van der Waals surface area contributed by atoms with Gasteiger partial charge in [0.25, 0.3) is 0 Å². The van der Waals surface area contributed by atoms with Gasteiger partial charge in [-0.1, -0.05) is 29.8 Å². The molecule has 0 unspecified atom stereocenters. The summed E-state index contributed by atoms with van der Waals surface area (Å²) in [4.78, 5) is 14.6. The van der Waals surface area contributed by atoms with Gasteiger partial charge in [-0.25, -0.2) is 0 Å². The second kappa shape index (κ2) is 8.74. The van der Waals surface area contributed by atoms with E-state index in [1.807, 2.05) is 36.6 Å². The van der Waals surface area contributed by atoms with Gasteiger partial charge in [0, 0.05) is 44.6 Å². The summed E-state index contributed by atoms with van der Waals surface area (Å²) in [6.07, 6.45) is 5.57. The summed E-state index contributed by atoms with van der Waals surface area (Å²) < 4.78 is 7.60. The average Bonchev–Trinajstić information content (AvgIpc) is 2.91. The Balaban J connectivity index is 1.64. The van der Waals surface area contributed by atoms with Crippen LogP contribution in [0.5, 0.6) is 0 Å². The number of hydrogen-bond acceptors (Lipinski definition) is 3. The minimum atomic E-state index is 0.0405. The smallest absolute Gasteiger partial charge is 0.246 e. The number of piperidine rings is 1. The molecule has 1 amide bonds. The quantitative estimate of drug-likeness (QED) is 0.745. The predicted molar refractivity (Wildman–Crippen MR) is 112 cm³/mol. The van der Waals surface area contributed by atoms with Gasteiger partial charge in [-0.3, -0.25) is 9.48 Å². The first-order chi connectivity index (χ1) is 13.4. The summed E-state index contributed by atoms with van der Waals surface area (Å²) in [5.74, 6) is 0.473. The topological polar surface area (TPSA) is 47.4 Å². The van der Waals surface area contributed by atoms with Gasteiger partial charge in [0.1, 0.15) is 0 Å². The number of likely N-dealkylation sites (tertiary alicyclic amines) is 1. The number of rotatable bonds is 5. The molecule has 2 aromatic rings. The summed E-state index contributed by atoms with van der Waals surface area (Å²) in [5.41, 5.74) is 5.65. The molecule has 0 N–H and O–H groups in total. The molecule has 2 heterocycles. The second-order valence-corrected chi connectivity index (χ2v) is 7.84. The van der Waals surface area contributed by atoms with Gasteiger partial charge < -0.3 is 9.64 Å². The maximum absolute atomic E-state index is 12.7. The third-order valence-electron chi connectivity index (χ3n) is 5.85. The van der Waals surface area contributed by atoms with Crippen LogP contribution in [-0.2, 0) is 23.0 Å². The Bertz CT molecular complexity index is 869. The van der Waals surface area contributed by atoms with E-state index >= 15 is 0 Å². The Labute approximate surface area is 168 Å². The fourth-order valence-electron chi connectivity index (χ4n) is 4.10. The van der Waals surface area contributed by atoms with Gasteiger partial charge in [-0.2, -0.15) is 5.10 Å². The highest BCUT2D eigenvalue weighted by molar-refractivity contribution is 5.92. The fourth-order valence-corrected chi connectivity index (χ4v) is 4.10. The Morgan fingerprint density at radius 2 is 2.11 bits per heavy atom. The number of carbonyl (C=O) groups excluding carboxylic acids is 1. The van der Waals surface area contributed by atoms with Gasteiger partial charge in [0.15, 0.2) is 0 Å². The van der Waals surface area contributed by atoms with Crippen LogP contribution in [-0.4, -0.2) is 46.9 Å². The normalized spacial score (nSPS) is 20.1. The molecule has 0 radical (unpaired) electrons. The van der Waals surface area contributed by atoms with Crippen molar-refractivity contribution in [2.24, 2.45) is 13.0 Å². The van der Waals surface area contributed by atoms with E-state index in [0.29, 0.717) is 12.5 Å². The lowest BCUT2D eigenvalue weighted by molar-refractivity contribution is -0.131. The monoisotopic (exact) mass is 381 g/mol. The molecule has 5 heteroatoms. The zero-order chi connectivity index (χ0) is 20.3. The molecule has 150 valence electrons. The molecule has 1 aliphatic rings. The third-order valence-corrected chi connectivity index (χ3v) is 5.85. The molecule has 2 atom stereocenters. The number of hydrogen-bond donors (Lipinski definition) is 0. The van der Waals surface area contributed by atoms with Gasteiger partial charge >= 0.3 is 0 Å². The number of benzene rings is 1. The van der Waals surface area contributed by atoms with Crippen molar-refractivity contribution in [3.8, 4) is 0 Å².